The zero-order chi connectivity index (χ0) is 13.7. The van der Waals surface area contributed by atoms with Crippen LogP contribution in [0.3, 0.4) is 0 Å². The number of halogens is 2. The van der Waals surface area contributed by atoms with Crippen molar-refractivity contribution in [3.05, 3.63) is 34.6 Å². The fourth-order valence-corrected chi connectivity index (χ4v) is 1.87. The summed E-state index contributed by atoms with van der Waals surface area (Å²) in [6, 6.07) is 3.87. The van der Waals surface area contributed by atoms with Gasteiger partial charge in [0.1, 0.15) is 5.82 Å². The molecule has 1 aromatic rings. The minimum atomic E-state index is -0.603. The van der Waals surface area contributed by atoms with Gasteiger partial charge in [-0.25, -0.2) is 4.39 Å². The number of carbonyl (C=O) groups is 1. The first-order valence-corrected chi connectivity index (χ1v) is 6.27. The summed E-state index contributed by atoms with van der Waals surface area (Å²) in [5.74, 6) is -1.06. The van der Waals surface area contributed by atoms with E-state index in [4.69, 9.17) is 29.6 Å². The molecule has 3 nitrogen and oxygen atoms in total. The van der Waals surface area contributed by atoms with Crippen molar-refractivity contribution in [1.29, 1.82) is 0 Å². The number of nitrogens with zero attached hydrogens (tertiary/aromatic N) is 1. The molecule has 1 aromatic carbocycles. The molecule has 0 bridgehead atoms. The lowest BCUT2D eigenvalue weighted by Crippen LogP contribution is -2.38. The van der Waals surface area contributed by atoms with Gasteiger partial charge in [-0.05, 0) is 24.6 Å². The van der Waals surface area contributed by atoms with Crippen molar-refractivity contribution >= 4 is 34.7 Å². The Balaban J connectivity index is 3.01. The fraction of sp³-hybridized carbons (Fsp3) is 0.333. The summed E-state index contributed by atoms with van der Waals surface area (Å²) >= 11 is 10.5. The van der Waals surface area contributed by atoms with Crippen LogP contribution in [0.4, 0.5) is 4.39 Å². The lowest BCUT2D eigenvalue weighted by Gasteiger charge is -2.21. The van der Waals surface area contributed by atoms with Crippen molar-refractivity contribution in [1.82, 2.24) is 4.90 Å². The standard InChI is InChI=1S/C12H14ClFN2OS/c1-2-5-16(7-11(15)18)12(17)9-6-8(13)3-4-10(9)14/h3-4,6H,2,5,7H2,1H3,(H2,15,18). The van der Waals surface area contributed by atoms with Gasteiger partial charge in [0.25, 0.3) is 5.91 Å². The van der Waals surface area contributed by atoms with Gasteiger partial charge in [-0.3, -0.25) is 4.79 Å². The average molecular weight is 289 g/mol. The average Bonchev–Trinajstić information content (AvgIpc) is 2.30. The number of rotatable bonds is 5. The van der Waals surface area contributed by atoms with Crippen molar-refractivity contribution in [2.75, 3.05) is 13.1 Å². The molecule has 0 aliphatic carbocycles. The van der Waals surface area contributed by atoms with Gasteiger partial charge in [0.05, 0.1) is 17.1 Å². The molecule has 0 radical (unpaired) electrons. The van der Waals surface area contributed by atoms with Crippen LogP contribution in [0.15, 0.2) is 18.2 Å². The van der Waals surface area contributed by atoms with Crippen molar-refractivity contribution in [2.45, 2.75) is 13.3 Å². The van der Waals surface area contributed by atoms with Crippen LogP contribution in [0.5, 0.6) is 0 Å². The third-order valence-corrected chi connectivity index (χ3v) is 2.65. The Hall–Kier alpha value is -1.20. The molecule has 0 heterocycles. The Morgan fingerprint density at radius 2 is 2.22 bits per heavy atom. The van der Waals surface area contributed by atoms with E-state index < -0.39 is 11.7 Å². The van der Waals surface area contributed by atoms with Gasteiger partial charge >= 0.3 is 0 Å². The summed E-state index contributed by atoms with van der Waals surface area (Å²) in [5.41, 5.74) is 5.36. The molecule has 1 amide bonds. The molecular weight excluding hydrogens is 275 g/mol. The van der Waals surface area contributed by atoms with Gasteiger partial charge in [0.2, 0.25) is 0 Å². The molecule has 0 atom stereocenters. The van der Waals surface area contributed by atoms with Crippen LogP contribution in [-0.4, -0.2) is 28.9 Å². The second kappa shape index (κ2) is 6.66. The Morgan fingerprint density at radius 3 is 2.78 bits per heavy atom. The van der Waals surface area contributed by atoms with E-state index in [1.807, 2.05) is 6.92 Å². The molecule has 98 valence electrons. The van der Waals surface area contributed by atoms with Gasteiger partial charge in [0, 0.05) is 11.6 Å². The number of amides is 1. The van der Waals surface area contributed by atoms with E-state index in [9.17, 15) is 9.18 Å². The van der Waals surface area contributed by atoms with E-state index in [1.54, 1.807) is 0 Å². The summed E-state index contributed by atoms with van der Waals surface area (Å²) < 4.78 is 13.6. The maximum atomic E-state index is 13.6. The normalized spacial score (nSPS) is 10.2. The van der Waals surface area contributed by atoms with E-state index in [2.05, 4.69) is 0 Å². The van der Waals surface area contributed by atoms with Crippen LogP contribution in [0.2, 0.25) is 5.02 Å². The number of hydrogen-bond acceptors (Lipinski definition) is 2. The van der Waals surface area contributed by atoms with E-state index in [0.29, 0.717) is 11.6 Å². The molecular formula is C12H14ClFN2OS. The first-order valence-electron chi connectivity index (χ1n) is 5.48. The lowest BCUT2D eigenvalue weighted by atomic mass is 10.1. The molecule has 0 unspecified atom stereocenters. The van der Waals surface area contributed by atoms with Gasteiger partial charge in [0.15, 0.2) is 0 Å². The molecule has 18 heavy (non-hydrogen) atoms. The quantitative estimate of drug-likeness (QED) is 0.847. The smallest absolute Gasteiger partial charge is 0.257 e. The molecule has 0 saturated carbocycles. The second-order valence-electron chi connectivity index (χ2n) is 3.82. The Labute approximate surface area is 116 Å². The third-order valence-electron chi connectivity index (χ3n) is 2.29. The summed E-state index contributed by atoms with van der Waals surface area (Å²) in [6.45, 7) is 2.50. The number of thiocarbonyl (C=S) groups is 1. The lowest BCUT2D eigenvalue weighted by molar-refractivity contribution is 0.0775. The van der Waals surface area contributed by atoms with E-state index in [-0.39, 0.29) is 17.1 Å². The van der Waals surface area contributed by atoms with Crippen LogP contribution in [-0.2, 0) is 0 Å². The maximum Gasteiger partial charge on any atom is 0.257 e. The van der Waals surface area contributed by atoms with Gasteiger partial charge in [-0.2, -0.15) is 0 Å². The molecule has 1 rings (SSSR count). The van der Waals surface area contributed by atoms with Crippen molar-refractivity contribution in [3.63, 3.8) is 0 Å². The van der Waals surface area contributed by atoms with Crippen molar-refractivity contribution < 1.29 is 9.18 Å². The molecule has 0 saturated heterocycles. The Morgan fingerprint density at radius 1 is 1.56 bits per heavy atom. The molecule has 0 spiro atoms. The SMILES string of the molecule is CCCN(CC(N)=S)C(=O)c1cc(Cl)ccc1F. The zero-order valence-electron chi connectivity index (χ0n) is 9.95. The van der Waals surface area contributed by atoms with Gasteiger partial charge in [-0.1, -0.05) is 30.7 Å². The van der Waals surface area contributed by atoms with Crippen molar-refractivity contribution in [2.24, 2.45) is 5.73 Å². The van der Waals surface area contributed by atoms with E-state index in [1.165, 1.54) is 23.1 Å². The zero-order valence-corrected chi connectivity index (χ0v) is 11.5. The largest absolute Gasteiger partial charge is 0.392 e. The highest BCUT2D eigenvalue weighted by Crippen LogP contribution is 2.17. The highest BCUT2D eigenvalue weighted by molar-refractivity contribution is 7.80. The minimum Gasteiger partial charge on any atom is -0.392 e. The van der Waals surface area contributed by atoms with Crippen LogP contribution in [0, 0.1) is 5.82 Å². The van der Waals surface area contributed by atoms with Gasteiger partial charge in [-0.15, -0.1) is 0 Å². The third kappa shape index (κ3) is 3.92. The molecule has 6 heteroatoms. The second-order valence-corrected chi connectivity index (χ2v) is 4.78. The topological polar surface area (TPSA) is 46.3 Å². The summed E-state index contributed by atoms with van der Waals surface area (Å²) in [7, 11) is 0. The maximum absolute atomic E-state index is 13.6. The minimum absolute atomic E-state index is 0.0628. The summed E-state index contributed by atoms with van der Waals surface area (Å²) in [4.78, 5) is 13.8. The van der Waals surface area contributed by atoms with E-state index >= 15 is 0 Å². The highest BCUT2D eigenvalue weighted by atomic mass is 35.5. The van der Waals surface area contributed by atoms with Crippen LogP contribution >= 0.6 is 23.8 Å². The van der Waals surface area contributed by atoms with Crippen molar-refractivity contribution in [3.8, 4) is 0 Å². The Bertz CT molecular complexity index is 467. The fourth-order valence-electron chi connectivity index (χ4n) is 1.54. The predicted octanol–water partition coefficient (Wildman–Crippen LogP) is 2.62. The van der Waals surface area contributed by atoms with Crippen LogP contribution < -0.4 is 5.73 Å². The molecule has 0 fully saturated rings. The first kappa shape index (κ1) is 14.9. The molecule has 2 N–H and O–H groups in total. The molecule has 0 aliphatic heterocycles. The highest BCUT2D eigenvalue weighted by Gasteiger charge is 2.19. The summed E-state index contributed by atoms with van der Waals surface area (Å²) in [6.07, 6.45) is 0.733. The predicted molar refractivity (Wildman–Crippen MR) is 74.4 cm³/mol. The number of carbonyl (C=O) groups excluding carboxylic acids is 1. The molecule has 0 aromatic heterocycles. The number of nitrogens with two attached hydrogens (primary N) is 1. The number of benzene rings is 1. The number of hydrogen-bond donors (Lipinski definition) is 1. The summed E-state index contributed by atoms with van der Waals surface area (Å²) in [5, 5.41) is 0.312. The van der Waals surface area contributed by atoms with E-state index in [0.717, 1.165) is 6.42 Å². The monoisotopic (exact) mass is 288 g/mol. The first-order chi connectivity index (χ1) is 8.45. The van der Waals surface area contributed by atoms with Gasteiger partial charge < -0.3 is 10.6 Å². The molecule has 0 aliphatic rings. The Kier molecular flexibility index (Phi) is 5.50. The van der Waals surface area contributed by atoms with Crippen LogP contribution in [0.1, 0.15) is 23.7 Å². The van der Waals surface area contributed by atoms with Crippen LogP contribution in [0.25, 0.3) is 0 Å².